The SMILES string of the molecule is CCC(CN)C(NC)c1ccc(OC)cc1Cl. The lowest BCUT2D eigenvalue weighted by Gasteiger charge is -2.26. The Bertz CT molecular complexity index is 353. The molecule has 0 aliphatic rings. The summed E-state index contributed by atoms with van der Waals surface area (Å²) < 4.78 is 5.15. The summed E-state index contributed by atoms with van der Waals surface area (Å²) >= 11 is 6.28. The van der Waals surface area contributed by atoms with Gasteiger partial charge in [-0.25, -0.2) is 0 Å². The second kappa shape index (κ2) is 6.84. The predicted molar refractivity (Wildman–Crippen MR) is 72.6 cm³/mol. The van der Waals surface area contributed by atoms with Gasteiger partial charge in [-0.15, -0.1) is 0 Å². The van der Waals surface area contributed by atoms with Crippen molar-refractivity contribution in [3.05, 3.63) is 28.8 Å². The van der Waals surface area contributed by atoms with Crippen LogP contribution in [0, 0.1) is 5.92 Å². The molecule has 1 aromatic rings. The lowest BCUT2D eigenvalue weighted by atomic mass is 9.91. The van der Waals surface area contributed by atoms with Crippen LogP contribution in [0.1, 0.15) is 24.9 Å². The minimum Gasteiger partial charge on any atom is -0.497 e. The molecule has 2 atom stereocenters. The molecule has 96 valence electrons. The van der Waals surface area contributed by atoms with Crippen molar-refractivity contribution in [2.75, 3.05) is 20.7 Å². The van der Waals surface area contributed by atoms with Gasteiger partial charge < -0.3 is 15.8 Å². The van der Waals surface area contributed by atoms with Crippen LogP contribution in [0.15, 0.2) is 18.2 Å². The molecule has 1 aromatic carbocycles. The second-order valence-electron chi connectivity index (χ2n) is 4.06. The van der Waals surface area contributed by atoms with Crippen molar-refractivity contribution in [1.29, 1.82) is 0 Å². The normalized spacial score (nSPS) is 14.4. The van der Waals surface area contributed by atoms with Gasteiger partial charge in [0.05, 0.1) is 7.11 Å². The molecule has 0 spiro atoms. The van der Waals surface area contributed by atoms with E-state index in [4.69, 9.17) is 22.1 Å². The highest BCUT2D eigenvalue weighted by atomic mass is 35.5. The first-order chi connectivity index (χ1) is 8.17. The number of nitrogens with two attached hydrogens (primary N) is 1. The molecular formula is C13H21ClN2O. The number of halogens is 1. The number of ether oxygens (including phenoxy) is 1. The first-order valence-electron chi connectivity index (χ1n) is 5.88. The van der Waals surface area contributed by atoms with Gasteiger partial charge in [-0.1, -0.05) is 31.0 Å². The highest BCUT2D eigenvalue weighted by Crippen LogP contribution is 2.31. The smallest absolute Gasteiger partial charge is 0.120 e. The monoisotopic (exact) mass is 256 g/mol. The van der Waals surface area contributed by atoms with Gasteiger partial charge in [0, 0.05) is 11.1 Å². The Morgan fingerprint density at radius 3 is 2.59 bits per heavy atom. The molecule has 1 rings (SSSR count). The van der Waals surface area contributed by atoms with Crippen molar-refractivity contribution in [1.82, 2.24) is 5.32 Å². The summed E-state index contributed by atoms with van der Waals surface area (Å²) in [5.74, 6) is 1.15. The molecule has 3 N–H and O–H groups in total. The summed E-state index contributed by atoms with van der Waals surface area (Å²) in [5, 5.41) is 4.01. The largest absolute Gasteiger partial charge is 0.497 e. The number of rotatable bonds is 6. The summed E-state index contributed by atoms with van der Waals surface area (Å²) in [7, 11) is 3.57. The molecule has 4 heteroatoms. The Labute approximate surface area is 108 Å². The molecule has 0 amide bonds. The Balaban J connectivity index is 3.03. The zero-order valence-corrected chi connectivity index (χ0v) is 11.4. The summed E-state index contributed by atoms with van der Waals surface area (Å²) in [5.41, 5.74) is 6.87. The van der Waals surface area contributed by atoms with E-state index in [1.165, 1.54) is 0 Å². The Hall–Kier alpha value is -0.770. The highest BCUT2D eigenvalue weighted by molar-refractivity contribution is 6.31. The van der Waals surface area contributed by atoms with E-state index in [0.29, 0.717) is 12.5 Å². The minimum atomic E-state index is 0.184. The quantitative estimate of drug-likeness (QED) is 0.823. The van der Waals surface area contributed by atoms with Crippen LogP contribution in [-0.4, -0.2) is 20.7 Å². The number of methoxy groups -OCH3 is 1. The van der Waals surface area contributed by atoms with Crippen LogP contribution in [0.4, 0.5) is 0 Å². The molecule has 0 aromatic heterocycles. The average Bonchev–Trinajstić information content (AvgIpc) is 2.36. The van der Waals surface area contributed by atoms with Crippen molar-refractivity contribution in [2.45, 2.75) is 19.4 Å². The van der Waals surface area contributed by atoms with E-state index in [1.807, 2.05) is 25.2 Å². The maximum absolute atomic E-state index is 6.28. The molecule has 2 unspecified atom stereocenters. The number of hydrogen-bond donors (Lipinski definition) is 2. The van der Waals surface area contributed by atoms with Crippen molar-refractivity contribution < 1.29 is 4.74 Å². The topological polar surface area (TPSA) is 47.3 Å². The van der Waals surface area contributed by atoms with Crippen LogP contribution in [-0.2, 0) is 0 Å². The van der Waals surface area contributed by atoms with Crippen LogP contribution in [0.2, 0.25) is 5.02 Å². The molecule has 0 saturated heterocycles. The van der Waals surface area contributed by atoms with Gasteiger partial charge in [0.15, 0.2) is 0 Å². The van der Waals surface area contributed by atoms with Gasteiger partial charge >= 0.3 is 0 Å². The number of benzene rings is 1. The lowest BCUT2D eigenvalue weighted by molar-refractivity contribution is 0.377. The Kier molecular flexibility index (Phi) is 5.75. The molecule has 0 saturated carbocycles. The van der Waals surface area contributed by atoms with Crippen LogP contribution < -0.4 is 15.8 Å². The van der Waals surface area contributed by atoms with Gasteiger partial charge in [0.25, 0.3) is 0 Å². The van der Waals surface area contributed by atoms with Crippen LogP contribution >= 0.6 is 11.6 Å². The fourth-order valence-corrected chi connectivity index (χ4v) is 2.36. The fraction of sp³-hybridized carbons (Fsp3) is 0.538. The lowest BCUT2D eigenvalue weighted by Crippen LogP contribution is -2.30. The fourth-order valence-electron chi connectivity index (χ4n) is 2.07. The highest BCUT2D eigenvalue weighted by Gasteiger charge is 2.21. The summed E-state index contributed by atoms with van der Waals surface area (Å²) in [6.45, 7) is 2.78. The molecule has 0 bridgehead atoms. The van der Waals surface area contributed by atoms with Crippen LogP contribution in [0.25, 0.3) is 0 Å². The van der Waals surface area contributed by atoms with Crippen LogP contribution in [0.3, 0.4) is 0 Å². The molecule has 0 fully saturated rings. The first kappa shape index (κ1) is 14.3. The number of hydrogen-bond acceptors (Lipinski definition) is 3. The van der Waals surface area contributed by atoms with Crippen LogP contribution in [0.5, 0.6) is 5.75 Å². The third-order valence-corrected chi connectivity index (χ3v) is 3.48. The molecule has 17 heavy (non-hydrogen) atoms. The molecule has 0 heterocycles. The van der Waals surface area contributed by atoms with E-state index in [2.05, 4.69) is 12.2 Å². The van der Waals surface area contributed by atoms with Gasteiger partial charge in [-0.2, -0.15) is 0 Å². The minimum absolute atomic E-state index is 0.184. The van der Waals surface area contributed by atoms with Crippen molar-refractivity contribution >= 4 is 11.6 Å². The maximum atomic E-state index is 6.28. The van der Waals surface area contributed by atoms with Crippen molar-refractivity contribution in [2.24, 2.45) is 11.7 Å². The molecule has 0 aliphatic heterocycles. The zero-order chi connectivity index (χ0) is 12.8. The molecular weight excluding hydrogens is 236 g/mol. The van der Waals surface area contributed by atoms with Crippen molar-refractivity contribution in [3.63, 3.8) is 0 Å². The van der Waals surface area contributed by atoms with E-state index in [1.54, 1.807) is 7.11 Å². The van der Waals surface area contributed by atoms with Gasteiger partial charge in [0.1, 0.15) is 5.75 Å². The maximum Gasteiger partial charge on any atom is 0.120 e. The van der Waals surface area contributed by atoms with E-state index in [9.17, 15) is 0 Å². The predicted octanol–water partition coefficient (Wildman–Crippen LogP) is 2.59. The van der Waals surface area contributed by atoms with Gasteiger partial charge in [-0.3, -0.25) is 0 Å². The summed E-state index contributed by atoms with van der Waals surface area (Å²) in [6.07, 6.45) is 1.02. The zero-order valence-electron chi connectivity index (χ0n) is 10.7. The molecule has 3 nitrogen and oxygen atoms in total. The third-order valence-electron chi connectivity index (χ3n) is 3.15. The van der Waals surface area contributed by atoms with Crippen molar-refractivity contribution in [3.8, 4) is 5.75 Å². The molecule has 0 aliphatic carbocycles. The van der Waals surface area contributed by atoms with E-state index >= 15 is 0 Å². The van der Waals surface area contributed by atoms with E-state index < -0.39 is 0 Å². The summed E-state index contributed by atoms with van der Waals surface area (Å²) in [4.78, 5) is 0. The second-order valence-corrected chi connectivity index (χ2v) is 4.47. The van der Waals surface area contributed by atoms with E-state index in [0.717, 1.165) is 22.8 Å². The Morgan fingerprint density at radius 1 is 1.47 bits per heavy atom. The van der Waals surface area contributed by atoms with E-state index in [-0.39, 0.29) is 6.04 Å². The summed E-state index contributed by atoms with van der Waals surface area (Å²) in [6, 6.07) is 5.95. The van der Waals surface area contributed by atoms with Gasteiger partial charge in [0.2, 0.25) is 0 Å². The Morgan fingerprint density at radius 2 is 2.18 bits per heavy atom. The first-order valence-corrected chi connectivity index (χ1v) is 6.26. The third kappa shape index (κ3) is 3.35. The number of nitrogens with one attached hydrogen (secondary N) is 1. The standard InChI is InChI=1S/C13H21ClN2O/c1-4-9(8-15)13(16-2)11-6-5-10(17-3)7-12(11)14/h5-7,9,13,16H,4,8,15H2,1-3H3. The van der Waals surface area contributed by atoms with Gasteiger partial charge in [-0.05, 0) is 37.2 Å². The molecule has 0 radical (unpaired) electrons. The average molecular weight is 257 g/mol.